The topological polar surface area (TPSA) is 134 Å². The van der Waals surface area contributed by atoms with Gasteiger partial charge in [-0.3, -0.25) is 0 Å². The molecule has 0 heterocycles. The number of aliphatic hydroxyl groups is 4. The van der Waals surface area contributed by atoms with Gasteiger partial charge in [0.25, 0.3) is 0 Å². The molecule has 0 aromatic heterocycles. The minimum atomic E-state index is -1.24. The van der Waals surface area contributed by atoms with E-state index in [4.69, 9.17) is 9.47 Å². The summed E-state index contributed by atoms with van der Waals surface area (Å²) in [6.07, 6.45) is 7.26. The number of esters is 2. The van der Waals surface area contributed by atoms with Gasteiger partial charge in [-0.1, -0.05) is 59.8 Å². The fraction of sp³-hybridized carbons (Fsp3) is 0.805. The Balaban J connectivity index is 1.71. The summed E-state index contributed by atoms with van der Waals surface area (Å²) in [5.41, 5.74) is -2.26. The molecule has 4 aliphatic carbocycles. The van der Waals surface area contributed by atoms with Gasteiger partial charge in [-0.05, 0) is 113 Å². The fourth-order valence-corrected chi connectivity index (χ4v) is 11.6. The van der Waals surface area contributed by atoms with E-state index in [1.807, 2.05) is 26.8 Å². The lowest BCUT2D eigenvalue weighted by atomic mass is 9.35. The number of allylic oxidation sites excluding steroid dienone is 3. The lowest BCUT2D eigenvalue weighted by molar-refractivity contribution is -0.278. The van der Waals surface area contributed by atoms with Crippen molar-refractivity contribution in [2.45, 2.75) is 145 Å². The van der Waals surface area contributed by atoms with Crippen molar-refractivity contribution >= 4 is 11.9 Å². The predicted octanol–water partition coefficient (Wildman–Crippen LogP) is 6.70. The first-order valence-electron chi connectivity index (χ1n) is 18.6. The van der Waals surface area contributed by atoms with Crippen LogP contribution in [0.25, 0.3) is 0 Å². The van der Waals surface area contributed by atoms with E-state index in [1.54, 1.807) is 32.9 Å². The SMILES string of the molecule is C=CCC1[C@@]2(C)CC[C@H](O)[C@](C)(COC(=O)/C(C)=C/C)C2CC[C@@]1(C)[C@@]1(C)CC2CC(C)(C)[C@@H](OC(=O)/C(C)=C/C)[C@H](O)[C@]2(CO)[C@H](O)C1. The first kappa shape index (κ1) is 39.8. The van der Waals surface area contributed by atoms with E-state index in [0.717, 1.165) is 25.7 Å². The van der Waals surface area contributed by atoms with Crippen LogP contribution in [-0.2, 0) is 19.1 Å². The summed E-state index contributed by atoms with van der Waals surface area (Å²) in [7, 11) is 0. The Labute approximate surface area is 295 Å². The van der Waals surface area contributed by atoms with Crippen molar-refractivity contribution in [3.63, 3.8) is 0 Å². The second kappa shape index (κ2) is 13.9. The molecule has 0 bridgehead atoms. The van der Waals surface area contributed by atoms with Crippen LogP contribution < -0.4 is 0 Å². The van der Waals surface area contributed by atoms with E-state index in [9.17, 15) is 30.0 Å². The quantitative estimate of drug-likeness (QED) is 0.120. The molecule has 8 heteroatoms. The van der Waals surface area contributed by atoms with E-state index in [2.05, 4.69) is 34.3 Å². The van der Waals surface area contributed by atoms with Crippen LogP contribution >= 0.6 is 0 Å². The summed E-state index contributed by atoms with van der Waals surface area (Å²) >= 11 is 0. The molecule has 3 unspecified atom stereocenters. The van der Waals surface area contributed by atoms with Gasteiger partial charge in [0.1, 0.15) is 12.2 Å². The number of ether oxygens (including phenoxy) is 2. The van der Waals surface area contributed by atoms with Crippen LogP contribution in [0.5, 0.6) is 0 Å². The van der Waals surface area contributed by atoms with Gasteiger partial charge in [-0.2, -0.15) is 0 Å². The average molecular weight is 687 g/mol. The van der Waals surface area contributed by atoms with Crippen LogP contribution in [0, 0.1) is 50.2 Å². The van der Waals surface area contributed by atoms with E-state index in [-0.39, 0.29) is 46.6 Å². The summed E-state index contributed by atoms with van der Waals surface area (Å²) in [4.78, 5) is 25.6. The molecule has 0 aromatic rings. The molecular formula is C41H66O8. The fourth-order valence-electron chi connectivity index (χ4n) is 11.6. The van der Waals surface area contributed by atoms with E-state index in [1.165, 1.54) is 0 Å². The van der Waals surface area contributed by atoms with Gasteiger partial charge in [-0.25, -0.2) is 9.59 Å². The normalized spacial score (nSPS) is 45.5. The third kappa shape index (κ3) is 6.18. The molecule has 4 aliphatic rings. The molecule has 4 rings (SSSR count). The summed E-state index contributed by atoms with van der Waals surface area (Å²) in [6, 6.07) is 0. The second-order valence-corrected chi connectivity index (χ2v) is 18.1. The number of hydrogen-bond acceptors (Lipinski definition) is 8. The van der Waals surface area contributed by atoms with Gasteiger partial charge in [0.15, 0.2) is 0 Å². The highest BCUT2D eigenvalue weighted by Gasteiger charge is 2.70. The number of carbonyl (C=O) groups is 2. The molecule has 49 heavy (non-hydrogen) atoms. The molecule has 4 N–H and O–H groups in total. The van der Waals surface area contributed by atoms with Gasteiger partial charge >= 0.3 is 11.9 Å². The monoisotopic (exact) mass is 686 g/mol. The highest BCUT2D eigenvalue weighted by Crippen LogP contribution is 2.73. The predicted molar refractivity (Wildman–Crippen MR) is 191 cm³/mol. The van der Waals surface area contributed by atoms with Crippen LogP contribution in [0.4, 0.5) is 0 Å². The largest absolute Gasteiger partial charge is 0.462 e. The zero-order valence-electron chi connectivity index (χ0n) is 32.0. The molecule has 0 radical (unpaired) electrons. The molecule has 278 valence electrons. The average Bonchev–Trinajstić information content (AvgIpc) is 3.04. The van der Waals surface area contributed by atoms with E-state index >= 15 is 0 Å². The van der Waals surface area contributed by atoms with Crippen LogP contribution in [0.3, 0.4) is 0 Å². The summed E-state index contributed by atoms with van der Waals surface area (Å²) < 4.78 is 11.8. The number of hydrogen-bond donors (Lipinski definition) is 4. The van der Waals surface area contributed by atoms with E-state index < -0.39 is 53.2 Å². The summed E-state index contributed by atoms with van der Waals surface area (Å²) in [5, 5.41) is 46.8. The van der Waals surface area contributed by atoms with Crippen LogP contribution in [0.15, 0.2) is 36.0 Å². The van der Waals surface area contributed by atoms with Crippen molar-refractivity contribution in [2.24, 2.45) is 50.2 Å². The molecule has 8 nitrogen and oxygen atoms in total. The Morgan fingerprint density at radius 2 is 1.47 bits per heavy atom. The Hall–Kier alpha value is -2.00. The number of aliphatic hydroxyl groups excluding tert-OH is 4. The van der Waals surface area contributed by atoms with Crippen molar-refractivity contribution in [3.05, 3.63) is 36.0 Å². The second-order valence-electron chi connectivity index (χ2n) is 18.1. The molecule has 12 atom stereocenters. The maximum atomic E-state index is 12.9. The maximum Gasteiger partial charge on any atom is 0.333 e. The van der Waals surface area contributed by atoms with Gasteiger partial charge in [0.05, 0.1) is 30.8 Å². The molecule has 0 aromatic carbocycles. The minimum absolute atomic E-state index is 0.0978. The Kier molecular flexibility index (Phi) is 11.2. The Morgan fingerprint density at radius 1 is 0.857 bits per heavy atom. The van der Waals surface area contributed by atoms with Crippen LogP contribution in [0.2, 0.25) is 0 Å². The summed E-state index contributed by atoms with van der Waals surface area (Å²) in [5.74, 6) is -0.806. The lowest BCUT2D eigenvalue weighted by Gasteiger charge is -2.70. The molecule has 0 spiro atoms. The third-order valence-corrected chi connectivity index (χ3v) is 15.2. The molecule has 0 saturated heterocycles. The van der Waals surface area contributed by atoms with Crippen molar-refractivity contribution in [2.75, 3.05) is 13.2 Å². The van der Waals surface area contributed by atoms with Gasteiger partial charge < -0.3 is 29.9 Å². The highest BCUT2D eigenvalue weighted by atomic mass is 16.6. The van der Waals surface area contributed by atoms with Crippen molar-refractivity contribution in [1.82, 2.24) is 0 Å². The number of fused-ring (bicyclic) bond motifs is 2. The first-order valence-corrected chi connectivity index (χ1v) is 18.6. The first-order chi connectivity index (χ1) is 22.7. The van der Waals surface area contributed by atoms with Crippen LogP contribution in [-0.4, -0.2) is 70.0 Å². The molecular weight excluding hydrogens is 620 g/mol. The van der Waals surface area contributed by atoms with Gasteiger partial charge in [0, 0.05) is 22.0 Å². The Bertz CT molecular complexity index is 1330. The van der Waals surface area contributed by atoms with Crippen molar-refractivity contribution in [3.8, 4) is 0 Å². The smallest absolute Gasteiger partial charge is 0.333 e. The van der Waals surface area contributed by atoms with Crippen molar-refractivity contribution in [1.29, 1.82) is 0 Å². The maximum absolute atomic E-state index is 12.9. The molecule has 4 saturated carbocycles. The summed E-state index contributed by atoms with van der Waals surface area (Å²) in [6.45, 7) is 24.0. The van der Waals surface area contributed by atoms with E-state index in [0.29, 0.717) is 36.8 Å². The number of rotatable bonds is 9. The third-order valence-electron chi connectivity index (χ3n) is 15.2. The Morgan fingerprint density at radius 3 is 2.04 bits per heavy atom. The molecule has 0 amide bonds. The van der Waals surface area contributed by atoms with Crippen molar-refractivity contribution < 1.29 is 39.5 Å². The lowest BCUT2D eigenvalue weighted by Crippen LogP contribution is -2.70. The van der Waals surface area contributed by atoms with Gasteiger partial charge in [0.2, 0.25) is 0 Å². The molecule has 0 aliphatic heterocycles. The standard InChI is InChI=1S/C41H66O8/c1-12-15-29-38(9)18-17-30(43)39(10,24-48-34(46)25(4)13-2)28(38)16-19-40(29,11)37(8)21-27-20-36(6,7)33(49-35(47)26(5)14-3)32(45)41(27,23-42)31(44)22-37/h12-14,27-33,42-45H,1,15-24H2,2-11H3/b25-13+,26-14+/t27?,28?,29?,30-,31+,32-,33-,37-,38-,39+,40+,41-/m0/s1. The zero-order chi connectivity index (χ0) is 37.0. The van der Waals surface area contributed by atoms with Gasteiger partial charge in [-0.15, -0.1) is 6.58 Å². The molecule has 4 fully saturated rings. The minimum Gasteiger partial charge on any atom is -0.462 e. The zero-order valence-corrected chi connectivity index (χ0v) is 32.0. The van der Waals surface area contributed by atoms with Crippen LogP contribution in [0.1, 0.15) is 121 Å². The number of carbonyl (C=O) groups excluding carboxylic acids is 2. The highest BCUT2D eigenvalue weighted by molar-refractivity contribution is 5.88.